The Labute approximate surface area is 139 Å². The van der Waals surface area contributed by atoms with Crippen LogP contribution in [0.4, 0.5) is 4.39 Å². The van der Waals surface area contributed by atoms with Crippen LogP contribution in [0.2, 0.25) is 0 Å². The predicted octanol–water partition coefficient (Wildman–Crippen LogP) is 1.03. The van der Waals surface area contributed by atoms with Crippen molar-refractivity contribution in [3.63, 3.8) is 0 Å². The zero-order valence-corrected chi connectivity index (χ0v) is 13.7. The molecule has 1 fully saturated rings. The molecule has 1 aliphatic carbocycles. The smallest absolute Gasteiger partial charge is 0.309 e. The van der Waals surface area contributed by atoms with Crippen LogP contribution in [0, 0.1) is 11.7 Å². The quantitative estimate of drug-likeness (QED) is 0.488. The Kier molecular flexibility index (Phi) is 6.85. The van der Waals surface area contributed by atoms with Gasteiger partial charge < -0.3 is 16.4 Å². The van der Waals surface area contributed by atoms with Crippen molar-refractivity contribution in [1.29, 1.82) is 0 Å². The van der Waals surface area contributed by atoms with Gasteiger partial charge in [-0.3, -0.25) is 9.59 Å². The second kappa shape index (κ2) is 8.88. The van der Waals surface area contributed by atoms with Crippen LogP contribution in [0.3, 0.4) is 0 Å². The maximum Gasteiger partial charge on any atom is 0.309 e. The molecule has 0 heterocycles. The fourth-order valence-electron chi connectivity index (χ4n) is 2.22. The summed E-state index contributed by atoms with van der Waals surface area (Å²) in [5.74, 6) is 0.0496. The summed E-state index contributed by atoms with van der Waals surface area (Å²) >= 11 is 1.50. The molecule has 0 radical (unpaired) electrons. The van der Waals surface area contributed by atoms with E-state index in [0.717, 1.165) is 12.8 Å². The Morgan fingerprint density at radius 2 is 2.04 bits per heavy atom. The van der Waals surface area contributed by atoms with Gasteiger partial charge in [-0.1, -0.05) is 18.2 Å². The zero-order chi connectivity index (χ0) is 16.7. The van der Waals surface area contributed by atoms with Gasteiger partial charge in [-0.05, 0) is 30.4 Å². The summed E-state index contributed by atoms with van der Waals surface area (Å²) in [6, 6.07) is 6.50. The predicted molar refractivity (Wildman–Crippen MR) is 89.3 cm³/mol. The van der Waals surface area contributed by atoms with Crippen LogP contribution in [0.15, 0.2) is 24.3 Å². The lowest BCUT2D eigenvalue weighted by atomic mass is 10.2. The van der Waals surface area contributed by atoms with Crippen LogP contribution in [-0.4, -0.2) is 36.7 Å². The maximum absolute atomic E-state index is 13.4. The molecule has 0 saturated heterocycles. The molecule has 1 aliphatic rings. The van der Waals surface area contributed by atoms with Crippen LogP contribution >= 0.6 is 11.8 Å². The third-order valence-electron chi connectivity index (χ3n) is 3.72. The summed E-state index contributed by atoms with van der Waals surface area (Å²) in [5.41, 5.74) is 6.22. The Balaban J connectivity index is 1.60. The molecule has 7 heteroatoms. The molecule has 4 N–H and O–H groups in total. The van der Waals surface area contributed by atoms with Crippen molar-refractivity contribution < 1.29 is 14.0 Å². The number of halogens is 1. The molecule has 1 saturated carbocycles. The highest BCUT2D eigenvalue weighted by Gasteiger charge is 2.32. The first-order valence-corrected chi connectivity index (χ1v) is 8.87. The number of amides is 2. The van der Waals surface area contributed by atoms with E-state index in [4.69, 9.17) is 5.73 Å². The standard InChI is InChI=1S/C16H22FN3O2S/c17-13-4-2-1-3-12(13)10-23-8-7-19-15(21)16(22)20-14(9-18)11-5-6-11/h1-4,11,14H,5-10,18H2,(H,19,21)(H,20,22). The number of rotatable bonds is 8. The van der Waals surface area contributed by atoms with Crippen molar-refractivity contribution in [3.05, 3.63) is 35.6 Å². The number of carbonyl (C=O) groups excluding carboxylic acids is 2. The number of hydrogen-bond acceptors (Lipinski definition) is 4. The van der Waals surface area contributed by atoms with E-state index in [0.29, 0.717) is 36.1 Å². The van der Waals surface area contributed by atoms with Crippen molar-refractivity contribution in [2.75, 3.05) is 18.8 Å². The van der Waals surface area contributed by atoms with Gasteiger partial charge in [0.05, 0.1) is 0 Å². The van der Waals surface area contributed by atoms with Gasteiger partial charge in [0.15, 0.2) is 0 Å². The Hall–Kier alpha value is -1.60. The number of nitrogens with two attached hydrogens (primary N) is 1. The highest BCUT2D eigenvalue weighted by Crippen LogP contribution is 2.32. The number of nitrogens with one attached hydrogen (secondary N) is 2. The number of thioether (sulfide) groups is 1. The van der Waals surface area contributed by atoms with Crippen LogP contribution in [-0.2, 0) is 15.3 Å². The molecule has 1 unspecified atom stereocenters. The van der Waals surface area contributed by atoms with Gasteiger partial charge in [-0.15, -0.1) is 0 Å². The minimum atomic E-state index is -0.643. The van der Waals surface area contributed by atoms with Gasteiger partial charge in [0.1, 0.15) is 5.82 Å². The van der Waals surface area contributed by atoms with Gasteiger partial charge in [0.2, 0.25) is 0 Å². The monoisotopic (exact) mass is 339 g/mol. The topological polar surface area (TPSA) is 84.2 Å². The minimum Gasteiger partial charge on any atom is -0.347 e. The van der Waals surface area contributed by atoms with E-state index >= 15 is 0 Å². The Morgan fingerprint density at radius 1 is 1.30 bits per heavy atom. The first-order valence-electron chi connectivity index (χ1n) is 7.71. The highest BCUT2D eigenvalue weighted by molar-refractivity contribution is 7.98. The molecule has 2 amide bonds. The number of carbonyl (C=O) groups is 2. The second-order valence-electron chi connectivity index (χ2n) is 5.55. The average molecular weight is 339 g/mol. The van der Waals surface area contributed by atoms with Gasteiger partial charge in [-0.25, -0.2) is 4.39 Å². The molecule has 0 bridgehead atoms. The summed E-state index contributed by atoms with van der Waals surface area (Å²) < 4.78 is 13.4. The van der Waals surface area contributed by atoms with E-state index in [1.807, 2.05) is 0 Å². The largest absolute Gasteiger partial charge is 0.347 e. The van der Waals surface area contributed by atoms with Crippen LogP contribution in [0.25, 0.3) is 0 Å². The highest BCUT2D eigenvalue weighted by atomic mass is 32.2. The SMILES string of the molecule is NCC(NC(=O)C(=O)NCCSCc1ccccc1F)C1CC1. The van der Waals surface area contributed by atoms with Gasteiger partial charge in [-0.2, -0.15) is 11.8 Å². The fourth-order valence-corrected chi connectivity index (χ4v) is 3.06. The van der Waals surface area contributed by atoms with Crippen molar-refractivity contribution >= 4 is 23.6 Å². The van der Waals surface area contributed by atoms with E-state index < -0.39 is 11.8 Å². The average Bonchev–Trinajstić information content (AvgIpc) is 3.38. The molecular formula is C16H22FN3O2S. The first-order chi connectivity index (χ1) is 11.1. The molecule has 0 aromatic heterocycles. The molecule has 0 spiro atoms. The molecule has 1 atom stereocenters. The van der Waals surface area contributed by atoms with E-state index in [1.54, 1.807) is 18.2 Å². The Morgan fingerprint density at radius 3 is 2.70 bits per heavy atom. The normalized spacial score (nSPS) is 15.0. The molecule has 126 valence electrons. The number of benzene rings is 1. The maximum atomic E-state index is 13.4. The van der Waals surface area contributed by atoms with Crippen molar-refractivity contribution in [2.45, 2.75) is 24.6 Å². The molecule has 2 rings (SSSR count). The van der Waals surface area contributed by atoms with Gasteiger partial charge in [0.25, 0.3) is 0 Å². The third kappa shape index (κ3) is 5.84. The molecule has 1 aromatic carbocycles. The summed E-state index contributed by atoms with van der Waals surface area (Å²) in [6.45, 7) is 0.713. The molecular weight excluding hydrogens is 317 g/mol. The lowest BCUT2D eigenvalue weighted by Crippen LogP contribution is -2.48. The molecule has 5 nitrogen and oxygen atoms in total. The van der Waals surface area contributed by atoms with Gasteiger partial charge in [0, 0.05) is 30.6 Å². The summed E-state index contributed by atoms with van der Waals surface area (Å²) in [5, 5.41) is 5.24. The fraction of sp³-hybridized carbons (Fsp3) is 0.500. The van der Waals surface area contributed by atoms with E-state index in [1.165, 1.54) is 17.8 Å². The zero-order valence-electron chi connectivity index (χ0n) is 12.9. The van der Waals surface area contributed by atoms with Crippen LogP contribution in [0.5, 0.6) is 0 Å². The van der Waals surface area contributed by atoms with E-state index in [-0.39, 0.29) is 11.9 Å². The van der Waals surface area contributed by atoms with Crippen molar-refractivity contribution in [3.8, 4) is 0 Å². The van der Waals surface area contributed by atoms with Crippen molar-refractivity contribution in [2.24, 2.45) is 11.7 Å². The molecule has 1 aromatic rings. The first kappa shape index (κ1) is 17.7. The van der Waals surface area contributed by atoms with Crippen LogP contribution in [0.1, 0.15) is 18.4 Å². The van der Waals surface area contributed by atoms with Gasteiger partial charge >= 0.3 is 11.8 Å². The Bertz CT molecular complexity index is 552. The molecule has 0 aliphatic heterocycles. The summed E-state index contributed by atoms with van der Waals surface area (Å²) in [7, 11) is 0. The van der Waals surface area contributed by atoms with Crippen LogP contribution < -0.4 is 16.4 Å². The van der Waals surface area contributed by atoms with E-state index in [9.17, 15) is 14.0 Å². The summed E-state index contributed by atoms with van der Waals surface area (Å²) in [6.07, 6.45) is 2.10. The second-order valence-corrected chi connectivity index (χ2v) is 6.66. The third-order valence-corrected chi connectivity index (χ3v) is 4.72. The lowest BCUT2D eigenvalue weighted by Gasteiger charge is -2.15. The van der Waals surface area contributed by atoms with E-state index in [2.05, 4.69) is 10.6 Å². The molecule has 23 heavy (non-hydrogen) atoms. The van der Waals surface area contributed by atoms with Crippen molar-refractivity contribution in [1.82, 2.24) is 10.6 Å². The lowest BCUT2D eigenvalue weighted by molar-refractivity contribution is -0.139. The minimum absolute atomic E-state index is 0.108. The summed E-state index contributed by atoms with van der Waals surface area (Å²) in [4.78, 5) is 23.4. The number of hydrogen-bond donors (Lipinski definition) is 3.